The van der Waals surface area contributed by atoms with E-state index in [1.165, 1.54) is 5.56 Å². The predicted molar refractivity (Wildman–Crippen MR) is 127 cm³/mol. The van der Waals surface area contributed by atoms with E-state index in [9.17, 15) is 4.79 Å². The van der Waals surface area contributed by atoms with Gasteiger partial charge in [0.15, 0.2) is 0 Å². The lowest BCUT2D eigenvalue weighted by Crippen LogP contribution is -2.43. The average molecular weight is 449 g/mol. The fraction of sp³-hybridized carbons (Fsp3) is 0.385. The number of piperazine rings is 1. The van der Waals surface area contributed by atoms with Gasteiger partial charge in [-0.15, -0.1) is 0 Å². The van der Waals surface area contributed by atoms with Gasteiger partial charge in [0.25, 0.3) is 5.91 Å². The van der Waals surface area contributed by atoms with E-state index in [4.69, 9.17) is 9.26 Å². The molecule has 2 aromatic carbocycles. The molecule has 1 aliphatic rings. The maximum atomic E-state index is 12.6. The van der Waals surface area contributed by atoms with Crippen LogP contribution in [0.1, 0.15) is 38.5 Å². The van der Waals surface area contributed by atoms with Crippen LogP contribution in [0, 0.1) is 13.8 Å². The normalized spacial score (nSPS) is 14.9. The Balaban J connectivity index is 1.27. The quantitative estimate of drug-likeness (QED) is 0.568. The number of aromatic nitrogens is 1. The molecule has 1 N–H and O–H groups in total. The van der Waals surface area contributed by atoms with E-state index in [1.807, 2.05) is 26.0 Å². The van der Waals surface area contributed by atoms with Crippen LogP contribution in [0.3, 0.4) is 0 Å². The minimum Gasteiger partial charge on any atom is -0.489 e. The number of rotatable bonds is 8. The first-order chi connectivity index (χ1) is 16.0. The van der Waals surface area contributed by atoms with Gasteiger partial charge in [0.1, 0.15) is 18.1 Å². The number of nitrogens with zero attached hydrogens (tertiary/aromatic N) is 3. The van der Waals surface area contributed by atoms with E-state index >= 15 is 0 Å². The zero-order chi connectivity index (χ0) is 23.2. The van der Waals surface area contributed by atoms with Crippen LogP contribution in [0.4, 0.5) is 0 Å². The molecule has 0 bridgehead atoms. The van der Waals surface area contributed by atoms with Gasteiger partial charge in [-0.25, -0.2) is 0 Å². The Hall–Kier alpha value is -3.16. The summed E-state index contributed by atoms with van der Waals surface area (Å²) in [6.45, 7) is 10.0. The van der Waals surface area contributed by atoms with Gasteiger partial charge >= 0.3 is 0 Å². The van der Waals surface area contributed by atoms with Crippen molar-refractivity contribution in [3.63, 3.8) is 0 Å². The third kappa shape index (κ3) is 6.21. The van der Waals surface area contributed by atoms with E-state index in [2.05, 4.69) is 51.6 Å². The van der Waals surface area contributed by atoms with Crippen molar-refractivity contribution >= 4 is 5.91 Å². The number of hydrogen-bond acceptors (Lipinski definition) is 6. The summed E-state index contributed by atoms with van der Waals surface area (Å²) in [6, 6.07) is 15.6. The second kappa shape index (κ2) is 10.6. The molecular formula is C26H32N4O3. The minimum absolute atomic E-state index is 0.100. The number of likely N-dealkylation sites (N-methyl/N-ethyl adjacent to an activating group) is 1. The van der Waals surface area contributed by atoms with E-state index in [1.54, 1.807) is 12.1 Å². The van der Waals surface area contributed by atoms with Crippen LogP contribution in [0.25, 0.3) is 0 Å². The molecule has 0 radical (unpaired) electrons. The van der Waals surface area contributed by atoms with Crippen molar-refractivity contribution < 1.29 is 14.1 Å². The molecule has 2 heterocycles. The standard InChI is InChI=1S/C26H32N4O3/c1-19-25(20(2)33-28-19)18-32-24-9-7-23(8-10-24)26(31)27-16-21-5-4-6-22(15-21)17-30-13-11-29(3)12-14-30/h4-10,15H,11-14,16-18H2,1-3H3,(H,27,31). The monoisotopic (exact) mass is 448 g/mol. The van der Waals surface area contributed by atoms with Crippen molar-refractivity contribution in [1.82, 2.24) is 20.3 Å². The molecule has 0 aliphatic carbocycles. The number of ether oxygens (including phenoxy) is 1. The van der Waals surface area contributed by atoms with Crippen molar-refractivity contribution in [2.45, 2.75) is 33.5 Å². The van der Waals surface area contributed by atoms with Crippen molar-refractivity contribution in [2.75, 3.05) is 33.2 Å². The second-order valence-electron chi connectivity index (χ2n) is 8.70. The lowest BCUT2D eigenvalue weighted by Gasteiger charge is -2.32. The maximum absolute atomic E-state index is 12.6. The lowest BCUT2D eigenvalue weighted by molar-refractivity contribution is 0.0951. The molecule has 3 aromatic rings. The molecule has 0 spiro atoms. The molecule has 33 heavy (non-hydrogen) atoms. The SMILES string of the molecule is Cc1noc(C)c1COc1ccc(C(=O)NCc2cccc(CN3CCN(C)CC3)c2)cc1. The molecule has 0 unspecified atom stereocenters. The summed E-state index contributed by atoms with van der Waals surface area (Å²) in [5, 5.41) is 6.96. The predicted octanol–water partition coefficient (Wildman–Crippen LogP) is 3.55. The van der Waals surface area contributed by atoms with Crippen LogP contribution in [-0.2, 0) is 19.7 Å². The molecule has 1 fully saturated rings. The van der Waals surface area contributed by atoms with Crippen LogP contribution in [0.15, 0.2) is 53.1 Å². The minimum atomic E-state index is -0.100. The average Bonchev–Trinajstić information content (AvgIpc) is 3.15. The van der Waals surface area contributed by atoms with Gasteiger partial charge in [0.05, 0.1) is 11.3 Å². The Kier molecular flexibility index (Phi) is 7.42. The van der Waals surface area contributed by atoms with E-state index in [0.29, 0.717) is 24.5 Å². The molecule has 0 saturated carbocycles. The summed E-state index contributed by atoms with van der Waals surface area (Å²) in [7, 11) is 2.17. The highest BCUT2D eigenvalue weighted by molar-refractivity contribution is 5.94. The number of carbonyl (C=O) groups is 1. The summed E-state index contributed by atoms with van der Waals surface area (Å²) >= 11 is 0. The summed E-state index contributed by atoms with van der Waals surface area (Å²) in [5.41, 5.74) is 4.77. The van der Waals surface area contributed by atoms with E-state index in [0.717, 1.165) is 55.3 Å². The highest BCUT2D eigenvalue weighted by Crippen LogP contribution is 2.18. The lowest BCUT2D eigenvalue weighted by atomic mass is 10.1. The van der Waals surface area contributed by atoms with E-state index in [-0.39, 0.29) is 5.91 Å². The van der Waals surface area contributed by atoms with Crippen LogP contribution >= 0.6 is 0 Å². The number of benzene rings is 2. The van der Waals surface area contributed by atoms with Gasteiger partial charge in [-0.05, 0) is 56.3 Å². The zero-order valence-corrected chi connectivity index (χ0v) is 19.6. The van der Waals surface area contributed by atoms with Gasteiger partial charge in [-0.2, -0.15) is 0 Å². The van der Waals surface area contributed by atoms with Crippen LogP contribution in [-0.4, -0.2) is 54.1 Å². The summed E-state index contributed by atoms with van der Waals surface area (Å²) in [5.74, 6) is 1.36. The van der Waals surface area contributed by atoms with Gasteiger partial charge < -0.3 is 19.5 Å². The van der Waals surface area contributed by atoms with Gasteiger partial charge in [-0.1, -0.05) is 29.4 Å². The van der Waals surface area contributed by atoms with Crippen molar-refractivity contribution in [2.24, 2.45) is 0 Å². The Labute approximate surface area is 195 Å². The van der Waals surface area contributed by atoms with Gasteiger partial charge in [0, 0.05) is 44.8 Å². The Morgan fingerprint density at radius 2 is 1.79 bits per heavy atom. The summed E-state index contributed by atoms with van der Waals surface area (Å²) < 4.78 is 11.0. The molecule has 4 rings (SSSR count). The highest BCUT2D eigenvalue weighted by Gasteiger charge is 2.14. The van der Waals surface area contributed by atoms with Crippen LogP contribution in [0.2, 0.25) is 0 Å². The smallest absolute Gasteiger partial charge is 0.251 e. The third-order valence-corrected chi connectivity index (χ3v) is 6.13. The molecule has 1 aromatic heterocycles. The van der Waals surface area contributed by atoms with Gasteiger partial charge in [-0.3, -0.25) is 9.69 Å². The fourth-order valence-corrected chi connectivity index (χ4v) is 3.95. The molecule has 1 saturated heterocycles. The number of aryl methyl sites for hydroxylation is 2. The molecule has 174 valence electrons. The summed E-state index contributed by atoms with van der Waals surface area (Å²) in [4.78, 5) is 17.5. The molecule has 1 amide bonds. The topological polar surface area (TPSA) is 70.8 Å². The Morgan fingerprint density at radius 1 is 1.06 bits per heavy atom. The first-order valence-corrected chi connectivity index (χ1v) is 11.4. The molecule has 7 heteroatoms. The number of amides is 1. The first-order valence-electron chi connectivity index (χ1n) is 11.4. The Bertz CT molecular complexity index is 1050. The van der Waals surface area contributed by atoms with Crippen LogP contribution in [0.5, 0.6) is 5.75 Å². The third-order valence-electron chi connectivity index (χ3n) is 6.13. The highest BCUT2D eigenvalue weighted by atomic mass is 16.5. The molecule has 7 nitrogen and oxygen atoms in total. The van der Waals surface area contributed by atoms with E-state index < -0.39 is 0 Å². The maximum Gasteiger partial charge on any atom is 0.251 e. The number of carbonyl (C=O) groups excluding carboxylic acids is 1. The zero-order valence-electron chi connectivity index (χ0n) is 19.6. The van der Waals surface area contributed by atoms with Crippen molar-refractivity contribution in [3.8, 4) is 5.75 Å². The van der Waals surface area contributed by atoms with Gasteiger partial charge in [0.2, 0.25) is 0 Å². The summed E-state index contributed by atoms with van der Waals surface area (Å²) in [6.07, 6.45) is 0. The van der Waals surface area contributed by atoms with Crippen molar-refractivity contribution in [1.29, 1.82) is 0 Å². The fourth-order valence-electron chi connectivity index (χ4n) is 3.95. The number of nitrogens with one attached hydrogen (secondary N) is 1. The van der Waals surface area contributed by atoms with Crippen molar-refractivity contribution in [3.05, 3.63) is 82.2 Å². The molecule has 1 aliphatic heterocycles. The van der Waals surface area contributed by atoms with Crippen LogP contribution < -0.4 is 10.1 Å². The molecular weight excluding hydrogens is 416 g/mol. The molecule has 0 atom stereocenters. The second-order valence-corrected chi connectivity index (χ2v) is 8.70. The number of hydrogen-bond donors (Lipinski definition) is 1. The largest absolute Gasteiger partial charge is 0.489 e. The Morgan fingerprint density at radius 3 is 2.48 bits per heavy atom. The first kappa shape index (κ1) is 23.0.